The highest BCUT2D eigenvalue weighted by Crippen LogP contribution is 2.34. The number of aliphatic hydroxyl groups excluding tert-OH is 1. The van der Waals surface area contributed by atoms with Crippen molar-refractivity contribution in [2.45, 2.75) is 19.6 Å². The third kappa shape index (κ3) is 2.86. The summed E-state index contributed by atoms with van der Waals surface area (Å²) in [4.78, 5) is 5.30. The summed E-state index contributed by atoms with van der Waals surface area (Å²) >= 11 is 1.48. The molecule has 1 atom stereocenters. The van der Waals surface area contributed by atoms with E-state index in [1.54, 1.807) is 29.4 Å². The van der Waals surface area contributed by atoms with E-state index >= 15 is 0 Å². The first-order valence-electron chi connectivity index (χ1n) is 6.53. The summed E-state index contributed by atoms with van der Waals surface area (Å²) in [5, 5.41) is 14.0. The minimum absolute atomic E-state index is 0.354. The fourth-order valence-electron chi connectivity index (χ4n) is 2.23. The molecule has 1 N–H and O–H groups in total. The average molecular weight is 303 g/mol. The minimum Gasteiger partial charge on any atom is -0.389 e. The first-order valence-corrected chi connectivity index (χ1v) is 7.41. The van der Waals surface area contributed by atoms with Crippen molar-refractivity contribution in [3.63, 3.8) is 0 Å². The van der Waals surface area contributed by atoms with Crippen molar-refractivity contribution in [3.8, 4) is 10.4 Å². The number of hydrogen-bond acceptors (Lipinski definition) is 4. The molecule has 3 rings (SSSR count). The van der Waals surface area contributed by atoms with Crippen LogP contribution in [0.3, 0.4) is 0 Å². The molecule has 0 spiro atoms. The first kappa shape index (κ1) is 13.9. The minimum atomic E-state index is -0.740. The molecule has 0 saturated carbocycles. The molecule has 0 aliphatic heterocycles. The normalized spacial score (nSPS) is 12.5. The maximum absolute atomic E-state index is 13.4. The second-order valence-electron chi connectivity index (χ2n) is 4.74. The smallest absolute Gasteiger partial charge is 0.123 e. The molecule has 1 aromatic carbocycles. The number of nitrogens with zero attached hydrogens (tertiary/aromatic N) is 3. The van der Waals surface area contributed by atoms with Crippen molar-refractivity contribution in [3.05, 3.63) is 59.2 Å². The molecular weight excluding hydrogens is 289 g/mol. The van der Waals surface area contributed by atoms with E-state index in [2.05, 4.69) is 10.1 Å². The standard InChI is InChI=1S/C15H14FN3OS/c1-10(20)13-7-11(16)3-4-12(13)15-14(17-9-21-15)8-19-6-2-5-18-19/h2-7,9-10,20H,8H2,1H3. The third-order valence-electron chi connectivity index (χ3n) is 3.22. The van der Waals surface area contributed by atoms with Crippen LogP contribution >= 0.6 is 11.3 Å². The highest BCUT2D eigenvalue weighted by atomic mass is 32.1. The number of rotatable bonds is 4. The molecule has 108 valence electrons. The molecule has 4 nitrogen and oxygen atoms in total. The Bertz CT molecular complexity index is 737. The zero-order valence-corrected chi connectivity index (χ0v) is 12.2. The predicted molar refractivity (Wildman–Crippen MR) is 79.5 cm³/mol. The lowest BCUT2D eigenvalue weighted by atomic mass is 10.0. The zero-order chi connectivity index (χ0) is 14.8. The van der Waals surface area contributed by atoms with Crippen LogP contribution in [0.15, 0.2) is 42.2 Å². The SMILES string of the molecule is CC(O)c1cc(F)ccc1-c1scnc1Cn1cccn1. The van der Waals surface area contributed by atoms with Crippen LogP contribution in [0.4, 0.5) is 4.39 Å². The van der Waals surface area contributed by atoms with Crippen molar-refractivity contribution in [1.29, 1.82) is 0 Å². The van der Waals surface area contributed by atoms with Crippen LogP contribution in [-0.2, 0) is 6.54 Å². The Balaban J connectivity index is 2.04. The average Bonchev–Trinajstić information content (AvgIpc) is 3.11. The summed E-state index contributed by atoms with van der Waals surface area (Å²) in [6.45, 7) is 2.18. The van der Waals surface area contributed by atoms with Gasteiger partial charge in [-0.25, -0.2) is 9.37 Å². The van der Waals surface area contributed by atoms with Crippen LogP contribution < -0.4 is 0 Å². The maximum Gasteiger partial charge on any atom is 0.123 e. The molecule has 1 unspecified atom stereocenters. The first-order chi connectivity index (χ1) is 10.1. The quantitative estimate of drug-likeness (QED) is 0.805. The van der Waals surface area contributed by atoms with Gasteiger partial charge in [-0.15, -0.1) is 11.3 Å². The second-order valence-corrected chi connectivity index (χ2v) is 5.59. The summed E-state index contributed by atoms with van der Waals surface area (Å²) in [6, 6.07) is 6.32. The molecule has 0 radical (unpaired) electrons. The van der Waals surface area contributed by atoms with Gasteiger partial charge in [0, 0.05) is 12.4 Å². The van der Waals surface area contributed by atoms with Crippen LogP contribution in [0, 0.1) is 5.82 Å². The Morgan fingerprint density at radius 3 is 3.00 bits per heavy atom. The molecule has 6 heteroatoms. The predicted octanol–water partition coefficient (Wildman–Crippen LogP) is 3.25. The van der Waals surface area contributed by atoms with Crippen LogP contribution in [0.25, 0.3) is 10.4 Å². The molecule has 0 fully saturated rings. The molecular formula is C15H14FN3OS. The fraction of sp³-hybridized carbons (Fsp3) is 0.200. The van der Waals surface area contributed by atoms with Crippen molar-refractivity contribution >= 4 is 11.3 Å². The molecule has 2 aromatic heterocycles. The Labute approximate surface area is 125 Å². The lowest BCUT2D eigenvalue weighted by Crippen LogP contribution is -2.03. The van der Waals surface area contributed by atoms with Gasteiger partial charge in [-0.3, -0.25) is 4.68 Å². The van der Waals surface area contributed by atoms with E-state index in [9.17, 15) is 9.50 Å². The highest BCUT2D eigenvalue weighted by Gasteiger charge is 2.16. The molecule has 0 aliphatic carbocycles. The van der Waals surface area contributed by atoms with E-state index in [0.29, 0.717) is 12.1 Å². The Hall–Kier alpha value is -2.05. The van der Waals surface area contributed by atoms with Crippen molar-refractivity contribution in [2.24, 2.45) is 0 Å². The molecule has 0 amide bonds. The van der Waals surface area contributed by atoms with E-state index in [1.807, 2.05) is 12.3 Å². The molecule has 3 aromatic rings. The van der Waals surface area contributed by atoms with Crippen LogP contribution in [0.1, 0.15) is 24.3 Å². The van der Waals surface area contributed by atoms with E-state index < -0.39 is 6.10 Å². The lowest BCUT2D eigenvalue weighted by Gasteiger charge is -2.12. The van der Waals surface area contributed by atoms with Gasteiger partial charge in [0.2, 0.25) is 0 Å². The number of benzene rings is 1. The van der Waals surface area contributed by atoms with Crippen LogP contribution in [0.2, 0.25) is 0 Å². The van der Waals surface area contributed by atoms with Gasteiger partial charge in [0.1, 0.15) is 5.82 Å². The molecule has 2 heterocycles. The zero-order valence-electron chi connectivity index (χ0n) is 11.4. The highest BCUT2D eigenvalue weighted by molar-refractivity contribution is 7.13. The van der Waals surface area contributed by atoms with Gasteiger partial charge < -0.3 is 5.11 Å². The van der Waals surface area contributed by atoms with Crippen LogP contribution in [-0.4, -0.2) is 19.9 Å². The Morgan fingerprint density at radius 2 is 2.29 bits per heavy atom. The van der Waals surface area contributed by atoms with Crippen LogP contribution in [0.5, 0.6) is 0 Å². The van der Waals surface area contributed by atoms with Gasteiger partial charge >= 0.3 is 0 Å². The van der Waals surface area contributed by atoms with Crippen molar-refractivity contribution < 1.29 is 9.50 Å². The number of halogens is 1. The van der Waals surface area contributed by atoms with Gasteiger partial charge in [-0.2, -0.15) is 5.10 Å². The number of hydrogen-bond donors (Lipinski definition) is 1. The lowest BCUT2D eigenvalue weighted by molar-refractivity contribution is 0.199. The van der Waals surface area contributed by atoms with Crippen molar-refractivity contribution in [2.75, 3.05) is 0 Å². The largest absolute Gasteiger partial charge is 0.389 e. The van der Waals surface area contributed by atoms with E-state index in [4.69, 9.17) is 0 Å². The van der Waals surface area contributed by atoms with E-state index in [0.717, 1.165) is 16.1 Å². The summed E-state index contributed by atoms with van der Waals surface area (Å²) in [5.41, 5.74) is 4.00. The van der Waals surface area contributed by atoms with E-state index in [1.165, 1.54) is 23.5 Å². The number of aliphatic hydroxyl groups is 1. The fourth-order valence-corrected chi connectivity index (χ4v) is 3.09. The van der Waals surface area contributed by atoms with Gasteiger partial charge in [0.15, 0.2) is 0 Å². The molecule has 0 bridgehead atoms. The van der Waals surface area contributed by atoms with Gasteiger partial charge in [0.25, 0.3) is 0 Å². The topological polar surface area (TPSA) is 50.9 Å². The molecule has 0 saturated heterocycles. The summed E-state index contributed by atoms with van der Waals surface area (Å²) < 4.78 is 15.2. The summed E-state index contributed by atoms with van der Waals surface area (Å²) in [7, 11) is 0. The summed E-state index contributed by atoms with van der Waals surface area (Å²) in [6.07, 6.45) is 2.84. The number of aromatic nitrogens is 3. The molecule has 21 heavy (non-hydrogen) atoms. The van der Waals surface area contributed by atoms with E-state index in [-0.39, 0.29) is 5.82 Å². The second kappa shape index (κ2) is 5.75. The third-order valence-corrected chi connectivity index (χ3v) is 4.12. The Morgan fingerprint density at radius 1 is 1.43 bits per heavy atom. The van der Waals surface area contributed by atoms with Gasteiger partial charge in [0.05, 0.1) is 28.7 Å². The number of thiazole rings is 1. The molecule has 0 aliphatic rings. The monoisotopic (exact) mass is 303 g/mol. The maximum atomic E-state index is 13.4. The van der Waals surface area contributed by atoms with Gasteiger partial charge in [-0.05, 0) is 36.2 Å². The Kier molecular flexibility index (Phi) is 3.81. The summed E-state index contributed by atoms with van der Waals surface area (Å²) in [5.74, 6) is -0.354. The van der Waals surface area contributed by atoms with Crippen molar-refractivity contribution in [1.82, 2.24) is 14.8 Å². The van der Waals surface area contributed by atoms with Gasteiger partial charge in [-0.1, -0.05) is 6.07 Å².